The van der Waals surface area contributed by atoms with Gasteiger partial charge in [-0.25, -0.2) is 0 Å². The van der Waals surface area contributed by atoms with E-state index in [1.165, 1.54) is 13.8 Å². The summed E-state index contributed by atoms with van der Waals surface area (Å²) >= 11 is 0. The molecule has 90 valence electrons. The Labute approximate surface area is 95.3 Å². The first-order chi connectivity index (χ1) is 7.56. The van der Waals surface area contributed by atoms with E-state index in [1.54, 1.807) is 0 Å². The van der Waals surface area contributed by atoms with Crippen molar-refractivity contribution in [2.75, 3.05) is 6.61 Å². The highest BCUT2D eigenvalue weighted by Gasteiger charge is 2.48. The summed E-state index contributed by atoms with van der Waals surface area (Å²) in [5.41, 5.74) is 0. The molecule has 0 aliphatic heterocycles. The summed E-state index contributed by atoms with van der Waals surface area (Å²) in [6.45, 7) is 3.36. The Balaban J connectivity index is 1.88. The summed E-state index contributed by atoms with van der Waals surface area (Å²) in [6, 6.07) is 0. The van der Waals surface area contributed by atoms with E-state index in [2.05, 4.69) is 0 Å². The van der Waals surface area contributed by atoms with Gasteiger partial charge >= 0.3 is 11.9 Å². The van der Waals surface area contributed by atoms with Crippen molar-refractivity contribution >= 4 is 11.9 Å². The largest absolute Gasteiger partial charge is 0.466 e. The minimum absolute atomic E-state index is 0.0526. The molecule has 0 aromatic heterocycles. The number of hydrogen-bond acceptors (Lipinski definition) is 4. The molecule has 16 heavy (non-hydrogen) atoms. The quantitative estimate of drug-likeness (QED) is 0.685. The third-order valence-corrected chi connectivity index (χ3v) is 3.71. The molecule has 0 aromatic carbocycles. The van der Waals surface area contributed by atoms with E-state index in [1.807, 2.05) is 0 Å². The first-order valence-electron chi connectivity index (χ1n) is 5.87. The molecule has 2 fully saturated rings. The van der Waals surface area contributed by atoms with Crippen LogP contribution in [0.4, 0.5) is 0 Å². The zero-order valence-corrected chi connectivity index (χ0v) is 9.77. The maximum Gasteiger partial charge on any atom is 0.302 e. The lowest BCUT2D eigenvalue weighted by atomic mass is 9.87. The van der Waals surface area contributed by atoms with E-state index >= 15 is 0 Å². The van der Waals surface area contributed by atoms with Gasteiger partial charge in [0.05, 0.1) is 6.61 Å². The fraction of sp³-hybridized carbons (Fsp3) is 0.833. The molecule has 4 heteroatoms. The van der Waals surface area contributed by atoms with E-state index in [0.29, 0.717) is 24.4 Å². The highest BCUT2D eigenvalue weighted by molar-refractivity contribution is 5.66. The smallest absolute Gasteiger partial charge is 0.302 e. The van der Waals surface area contributed by atoms with Crippen LogP contribution in [0.25, 0.3) is 0 Å². The summed E-state index contributed by atoms with van der Waals surface area (Å²) in [4.78, 5) is 21.7. The molecule has 2 bridgehead atoms. The average Bonchev–Trinajstić information content (AvgIpc) is 2.72. The van der Waals surface area contributed by atoms with Crippen LogP contribution in [-0.4, -0.2) is 24.6 Å². The first-order valence-corrected chi connectivity index (χ1v) is 5.87. The van der Waals surface area contributed by atoms with Gasteiger partial charge in [-0.05, 0) is 31.1 Å². The number of carbonyl (C=O) groups is 2. The van der Waals surface area contributed by atoms with Crippen LogP contribution in [0.3, 0.4) is 0 Å². The second-order valence-electron chi connectivity index (χ2n) is 4.95. The van der Waals surface area contributed by atoms with Gasteiger partial charge in [-0.1, -0.05) is 0 Å². The fourth-order valence-electron chi connectivity index (χ4n) is 3.19. The zero-order valence-electron chi connectivity index (χ0n) is 9.77. The zero-order chi connectivity index (χ0) is 11.7. The SMILES string of the molecule is CC(=O)OC[C@@H]1C[C@H]2C[C@@H]1[C@H](OC(C)=O)C2. The van der Waals surface area contributed by atoms with Crippen molar-refractivity contribution in [1.82, 2.24) is 0 Å². The van der Waals surface area contributed by atoms with Crippen LogP contribution >= 0.6 is 0 Å². The lowest BCUT2D eigenvalue weighted by Gasteiger charge is -2.28. The summed E-state index contributed by atoms with van der Waals surface area (Å²) in [5.74, 6) is 0.991. The van der Waals surface area contributed by atoms with E-state index in [4.69, 9.17) is 9.47 Å². The molecule has 0 aromatic rings. The van der Waals surface area contributed by atoms with E-state index < -0.39 is 0 Å². The van der Waals surface area contributed by atoms with E-state index in [0.717, 1.165) is 19.3 Å². The maximum atomic E-state index is 10.9. The van der Waals surface area contributed by atoms with Crippen molar-refractivity contribution in [3.63, 3.8) is 0 Å². The highest BCUT2D eigenvalue weighted by Crippen LogP contribution is 2.49. The average molecular weight is 226 g/mol. The molecule has 0 radical (unpaired) electrons. The number of esters is 2. The van der Waals surface area contributed by atoms with Crippen LogP contribution in [0, 0.1) is 17.8 Å². The molecule has 0 spiro atoms. The Morgan fingerprint density at radius 2 is 1.88 bits per heavy atom. The van der Waals surface area contributed by atoms with E-state index in [-0.39, 0.29) is 18.0 Å². The van der Waals surface area contributed by atoms with Gasteiger partial charge in [-0.3, -0.25) is 9.59 Å². The number of carbonyl (C=O) groups excluding carboxylic acids is 2. The molecule has 2 saturated carbocycles. The van der Waals surface area contributed by atoms with Gasteiger partial charge in [0.2, 0.25) is 0 Å². The van der Waals surface area contributed by atoms with Crippen LogP contribution in [0.5, 0.6) is 0 Å². The molecule has 0 amide bonds. The van der Waals surface area contributed by atoms with Crippen LogP contribution in [0.15, 0.2) is 0 Å². The lowest BCUT2D eigenvalue weighted by molar-refractivity contribution is -0.152. The van der Waals surface area contributed by atoms with Crippen molar-refractivity contribution < 1.29 is 19.1 Å². The van der Waals surface area contributed by atoms with E-state index in [9.17, 15) is 9.59 Å². The first kappa shape index (κ1) is 11.4. The Bertz CT molecular complexity index is 297. The van der Waals surface area contributed by atoms with Crippen LogP contribution in [0.1, 0.15) is 33.1 Å². The Morgan fingerprint density at radius 3 is 2.44 bits per heavy atom. The molecule has 0 unspecified atom stereocenters. The van der Waals surface area contributed by atoms with Crippen molar-refractivity contribution in [1.29, 1.82) is 0 Å². The highest BCUT2D eigenvalue weighted by atomic mass is 16.5. The molecule has 0 saturated heterocycles. The van der Waals surface area contributed by atoms with Crippen molar-refractivity contribution in [3.05, 3.63) is 0 Å². The monoisotopic (exact) mass is 226 g/mol. The van der Waals surface area contributed by atoms with Crippen molar-refractivity contribution in [3.8, 4) is 0 Å². The minimum atomic E-state index is -0.230. The molecule has 2 aliphatic rings. The van der Waals surface area contributed by atoms with Crippen molar-refractivity contribution in [2.45, 2.75) is 39.2 Å². The Morgan fingerprint density at radius 1 is 1.12 bits per heavy atom. The standard InChI is InChI=1S/C12H18O4/c1-7(13)15-6-10-3-9-4-11(10)12(5-9)16-8(2)14/h9-12H,3-6H2,1-2H3/t9-,10-,11-,12+/m0/s1. The van der Waals surface area contributed by atoms with Gasteiger partial charge in [0.15, 0.2) is 0 Å². The number of rotatable bonds is 3. The topological polar surface area (TPSA) is 52.6 Å². The number of fused-ring (bicyclic) bond motifs is 2. The Kier molecular flexibility index (Phi) is 3.17. The minimum Gasteiger partial charge on any atom is -0.466 e. The van der Waals surface area contributed by atoms with Gasteiger partial charge < -0.3 is 9.47 Å². The van der Waals surface area contributed by atoms with Gasteiger partial charge in [0.25, 0.3) is 0 Å². The third kappa shape index (κ3) is 2.36. The predicted molar refractivity (Wildman–Crippen MR) is 56.5 cm³/mol. The molecular formula is C12H18O4. The molecular weight excluding hydrogens is 208 g/mol. The van der Waals surface area contributed by atoms with Crippen LogP contribution in [-0.2, 0) is 19.1 Å². The third-order valence-electron chi connectivity index (χ3n) is 3.71. The molecule has 0 heterocycles. The summed E-state index contributed by atoms with van der Waals surface area (Å²) in [7, 11) is 0. The molecule has 2 aliphatic carbocycles. The van der Waals surface area contributed by atoms with Gasteiger partial charge in [0.1, 0.15) is 6.10 Å². The molecule has 2 rings (SSSR count). The summed E-state index contributed by atoms with van der Waals surface area (Å²) in [6.07, 6.45) is 3.26. The van der Waals surface area contributed by atoms with Gasteiger partial charge in [-0.2, -0.15) is 0 Å². The fourth-order valence-corrected chi connectivity index (χ4v) is 3.19. The maximum absolute atomic E-state index is 10.9. The second kappa shape index (κ2) is 4.44. The number of ether oxygens (including phenoxy) is 2. The molecule has 4 atom stereocenters. The molecule has 0 N–H and O–H groups in total. The normalized spacial score (nSPS) is 36.1. The second-order valence-corrected chi connectivity index (χ2v) is 4.95. The van der Waals surface area contributed by atoms with Crippen molar-refractivity contribution in [2.24, 2.45) is 17.8 Å². The van der Waals surface area contributed by atoms with Crippen LogP contribution in [0.2, 0.25) is 0 Å². The predicted octanol–water partition coefficient (Wildman–Crippen LogP) is 1.53. The summed E-state index contributed by atoms with van der Waals surface area (Å²) < 4.78 is 10.4. The van der Waals surface area contributed by atoms with Crippen LogP contribution < -0.4 is 0 Å². The van der Waals surface area contributed by atoms with Gasteiger partial charge in [-0.15, -0.1) is 0 Å². The number of hydrogen-bond donors (Lipinski definition) is 0. The van der Waals surface area contributed by atoms with Gasteiger partial charge in [0, 0.05) is 19.8 Å². The summed E-state index contributed by atoms with van der Waals surface area (Å²) in [5, 5.41) is 0. The lowest BCUT2D eigenvalue weighted by Crippen LogP contribution is -2.31. The Hall–Kier alpha value is -1.06. The molecule has 4 nitrogen and oxygen atoms in total.